The zero-order valence-corrected chi connectivity index (χ0v) is 21.7. The normalized spacial score (nSPS) is 16.2. The molecule has 0 heterocycles. The zero-order chi connectivity index (χ0) is 28.5. The minimum Gasteiger partial charge on any atom is -0.351 e. The summed E-state index contributed by atoms with van der Waals surface area (Å²) in [6, 6.07) is 11.5. The van der Waals surface area contributed by atoms with Crippen molar-refractivity contribution in [3.8, 4) is 0 Å². The average Bonchev–Trinajstić information content (AvgIpc) is 3.37. The molecule has 1 fully saturated rings. The molecule has 1 aliphatic carbocycles. The van der Waals surface area contributed by atoms with Crippen LogP contribution in [-0.2, 0) is 12.4 Å². The van der Waals surface area contributed by atoms with Crippen LogP contribution in [0.2, 0.25) is 0 Å². The van der Waals surface area contributed by atoms with Gasteiger partial charge in [-0.1, -0.05) is 55.3 Å². The van der Waals surface area contributed by atoms with Crippen molar-refractivity contribution in [2.45, 2.75) is 56.0 Å². The van der Waals surface area contributed by atoms with Crippen LogP contribution in [0.1, 0.15) is 65.5 Å². The molecule has 0 bridgehead atoms. The highest BCUT2D eigenvalue weighted by Crippen LogP contribution is 2.46. The highest BCUT2D eigenvalue weighted by atomic mass is 31.0. The van der Waals surface area contributed by atoms with E-state index in [1.54, 1.807) is 30.3 Å². The minimum atomic E-state index is -5.05. The number of carbonyl (C=O) groups excluding carboxylic acids is 1. The van der Waals surface area contributed by atoms with Gasteiger partial charge < -0.3 is 10.6 Å². The highest BCUT2D eigenvalue weighted by Gasteiger charge is 2.41. The second-order valence-corrected chi connectivity index (χ2v) is 10.3. The molecule has 2 N–H and O–H groups in total. The highest BCUT2D eigenvalue weighted by molar-refractivity contribution is 7.27. The van der Waals surface area contributed by atoms with E-state index >= 15 is 0 Å². The molecule has 0 spiro atoms. The van der Waals surface area contributed by atoms with Crippen molar-refractivity contribution in [2.24, 2.45) is 5.73 Å². The Balaban J connectivity index is 2.05. The van der Waals surface area contributed by atoms with E-state index in [0.717, 1.165) is 31.0 Å². The molecule has 3 aromatic rings. The summed E-state index contributed by atoms with van der Waals surface area (Å²) in [5, 5.41) is 0.140. The fraction of sp³-hybridized carbons (Fsp3) is 0.321. The lowest BCUT2D eigenvalue weighted by Gasteiger charge is -2.41. The van der Waals surface area contributed by atoms with Gasteiger partial charge in [-0.25, -0.2) is 9.18 Å². The summed E-state index contributed by atoms with van der Waals surface area (Å²) >= 11 is 0. The third-order valence-electron chi connectivity index (χ3n) is 7.05. The van der Waals surface area contributed by atoms with Crippen LogP contribution in [0, 0.1) is 5.82 Å². The van der Waals surface area contributed by atoms with Gasteiger partial charge in [0, 0.05) is 12.0 Å². The Morgan fingerprint density at radius 1 is 0.846 bits per heavy atom. The molecule has 39 heavy (non-hydrogen) atoms. The van der Waals surface area contributed by atoms with Crippen molar-refractivity contribution < 1.29 is 35.5 Å². The maximum absolute atomic E-state index is 14.3. The molecule has 0 radical (unpaired) electrons. The quantitative estimate of drug-likeness (QED) is 0.241. The predicted octanol–water partition coefficient (Wildman–Crippen LogP) is 7.56. The largest absolute Gasteiger partial charge is 0.419 e. The first-order valence-electron chi connectivity index (χ1n) is 12.2. The van der Waals surface area contributed by atoms with Crippen LogP contribution in [0.25, 0.3) is 0 Å². The Morgan fingerprint density at radius 3 is 2.05 bits per heavy atom. The number of primary amides is 1. The minimum absolute atomic E-state index is 0.00709. The Hall–Kier alpha value is -3.13. The second-order valence-electron chi connectivity index (χ2n) is 9.64. The molecule has 4 rings (SSSR count). The third-order valence-corrected chi connectivity index (χ3v) is 7.38. The maximum atomic E-state index is 14.3. The van der Waals surface area contributed by atoms with Gasteiger partial charge in [0.25, 0.3) is 0 Å². The van der Waals surface area contributed by atoms with Crippen molar-refractivity contribution in [1.82, 2.24) is 4.90 Å². The lowest BCUT2D eigenvalue weighted by molar-refractivity contribution is -0.140. The van der Waals surface area contributed by atoms with Crippen molar-refractivity contribution in [3.05, 3.63) is 100 Å². The lowest BCUT2D eigenvalue weighted by Crippen LogP contribution is -2.47. The Morgan fingerprint density at radius 2 is 1.49 bits per heavy atom. The molecule has 0 aliphatic heterocycles. The number of hydrogen-bond donors (Lipinski definition) is 1. The fourth-order valence-electron chi connectivity index (χ4n) is 5.42. The topological polar surface area (TPSA) is 46.3 Å². The van der Waals surface area contributed by atoms with Crippen molar-refractivity contribution in [2.75, 3.05) is 0 Å². The number of alkyl halides is 6. The second kappa shape index (κ2) is 11.2. The van der Waals surface area contributed by atoms with Gasteiger partial charge >= 0.3 is 18.4 Å². The van der Waals surface area contributed by atoms with Gasteiger partial charge in [0.1, 0.15) is 5.82 Å². The van der Waals surface area contributed by atoms with Gasteiger partial charge in [0.15, 0.2) is 0 Å². The number of nitrogens with two attached hydrogens (primary N) is 1. The molecule has 3 nitrogen and oxygen atoms in total. The number of carbonyl (C=O) groups is 1. The summed E-state index contributed by atoms with van der Waals surface area (Å²) < 4.78 is 97.1. The summed E-state index contributed by atoms with van der Waals surface area (Å²) in [4.78, 5) is 14.3. The van der Waals surface area contributed by atoms with E-state index in [9.17, 15) is 35.5 Å². The summed E-state index contributed by atoms with van der Waals surface area (Å²) in [6.45, 7) is 0. The standard InChI is InChI=1S/C28H26F7N2OP/c29-23-11-10-17(14-22(23)28(33,34)35)24(18-12-19(27(30,31)32)15-21(39)13-18)25(16-6-2-1-3-7-16)37(26(36)38)20-8-4-5-9-20/h1-3,6-7,10-15,20,24-25H,4-5,8-9,39H2,(H2,36,38). The molecule has 0 aromatic heterocycles. The molecular weight excluding hydrogens is 544 g/mol. The van der Waals surface area contributed by atoms with Crippen molar-refractivity contribution in [3.63, 3.8) is 0 Å². The van der Waals surface area contributed by atoms with Crippen LogP contribution in [0.4, 0.5) is 35.5 Å². The first-order chi connectivity index (χ1) is 18.3. The number of nitrogens with zero attached hydrogens (tertiary/aromatic N) is 1. The smallest absolute Gasteiger partial charge is 0.351 e. The van der Waals surface area contributed by atoms with Gasteiger partial charge in [0.05, 0.1) is 17.2 Å². The molecule has 0 saturated heterocycles. The van der Waals surface area contributed by atoms with E-state index in [-0.39, 0.29) is 22.5 Å². The molecular formula is C28H26F7N2OP. The van der Waals surface area contributed by atoms with Crippen LogP contribution in [0.3, 0.4) is 0 Å². The van der Waals surface area contributed by atoms with Crippen LogP contribution in [0.15, 0.2) is 66.7 Å². The number of halogens is 7. The Kier molecular flexibility index (Phi) is 8.26. The van der Waals surface area contributed by atoms with Gasteiger partial charge in [-0.05, 0) is 59.1 Å². The van der Waals surface area contributed by atoms with Gasteiger partial charge in [-0.15, -0.1) is 9.24 Å². The first kappa shape index (κ1) is 28.9. The van der Waals surface area contributed by atoms with Crippen LogP contribution in [0.5, 0.6) is 0 Å². The summed E-state index contributed by atoms with van der Waals surface area (Å²) in [7, 11) is 2.18. The number of urea groups is 1. The average molecular weight is 570 g/mol. The molecule has 2 amide bonds. The van der Waals surface area contributed by atoms with Gasteiger partial charge in [-0.2, -0.15) is 26.3 Å². The third kappa shape index (κ3) is 6.38. The monoisotopic (exact) mass is 570 g/mol. The number of rotatable bonds is 6. The SMILES string of the molecule is NC(=O)N(C1CCCC1)C(c1ccccc1)C(c1cc(P)cc(C(F)(F)F)c1)c1ccc(F)c(C(F)(F)F)c1. The number of amides is 2. The fourth-order valence-corrected chi connectivity index (χ4v) is 5.79. The van der Waals surface area contributed by atoms with Crippen LogP contribution < -0.4 is 11.0 Å². The molecule has 1 aliphatic rings. The Bertz CT molecular complexity index is 1320. The number of hydrogen-bond acceptors (Lipinski definition) is 1. The van der Waals surface area contributed by atoms with E-state index in [1.165, 1.54) is 11.0 Å². The molecule has 1 saturated carbocycles. The molecule has 3 unspecified atom stereocenters. The van der Waals surface area contributed by atoms with Crippen LogP contribution >= 0.6 is 9.24 Å². The van der Waals surface area contributed by atoms with Gasteiger partial charge in [0.2, 0.25) is 0 Å². The molecule has 3 aromatic carbocycles. The number of benzene rings is 3. The zero-order valence-electron chi connectivity index (χ0n) is 20.6. The Labute approximate surface area is 223 Å². The summed E-state index contributed by atoms with van der Waals surface area (Å²) in [6.07, 6.45) is -7.07. The van der Waals surface area contributed by atoms with E-state index in [4.69, 9.17) is 5.73 Å². The van der Waals surface area contributed by atoms with Crippen molar-refractivity contribution >= 4 is 20.6 Å². The van der Waals surface area contributed by atoms with E-state index in [1.807, 2.05) is 0 Å². The van der Waals surface area contributed by atoms with Crippen molar-refractivity contribution in [1.29, 1.82) is 0 Å². The maximum Gasteiger partial charge on any atom is 0.419 e. The molecule has 208 valence electrons. The molecule has 11 heteroatoms. The van der Waals surface area contributed by atoms with E-state index in [0.29, 0.717) is 30.5 Å². The predicted molar refractivity (Wildman–Crippen MR) is 137 cm³/mol. The van der Waals surface area contributed by atoms with E-state index < -0.39 is 47.3 Å². The van der Waals surface area contributed by atoms with E-state index in [2.05, 4.69) is 9.24 Å². The summed E-state index contributed by atoms with van der Waals surface area (Å²) in [5.41, 5.74) is 3.67. The summed E-state index contributed by atoms with van der Waals surface area (Å²) in [5.74, 6) is -2.76. The molecule has 3 atom stereocenters. The lowest BCUT2D eigenvalue weighted by atomic mass is 9.79. The van der Waals surface area contributed by atoms with Crippen LogP contribution in [-0.4, -0.2) is 17.0 Å². The van der Waals surface area contributed by atoms with Gasteiger partial charge in [-0.3, -0.25) is 0 Å². The first-order valence-corrected chi connectivity index (χ1v) is 12.8.